The van der Waals surface area contributed by atoms with Crippen molar-refractivity contribution in [3.63, 3.8) is 0 Å². The van der Waals surface area contributed by atoms with Gasteiger partial charge in [-0.05, 0) is 49.6 Å². The van der Waals surface area contributed by atoms with Crippen molar-refractivity contribution in [3.8, 4) is 0 Å². The Hall–Kier alpha value is -2.27. The fraction of sp³-hybridized carbons (Fsp3) is 0.300. The molecular formula is C20H22N2O2S. The van der Waals surface area contributed by atoms with E-state index in [-0.39, 0.29) is 23.0 Å². The molecule has 0 aromatic heterocycles. The number of anilines is 1. The van der Waals surface area contributed by atoms with Crippen LogP contribution in [0.15, 0.2) is 59.5 Å². The Kier molecular flexibility index (Phi) is 5.76. The average molecular weight is 354 g/mol. The molecule has 0 spiro atoms. The van der Waals surface area contributed by atoms with Crippen molar-refractivity contribution in [2.24, 2.45) is 5.92 Å². The quantitative estimate of drug-likeness (QED) is 0.743. The molecule has 1 aliphatic carbocycles. The summed E-state index contributed by atoms with van der Waals surface area (Å²) in [4.78, 5) is 25.2. The van der Waals surface area contributed by atoms with Gasteiger partial charge in [-0.3, -0.25) is 9.59 Å². The first-order valence-corrected chi connectivity index (χ1v) is 9.39. The van der Waals surface area contributed by atoms with Crippen LogP contribution in [0, 0.1) is 5.92 Å². The van der Waals surface area contributed by atoms with Crippen molar-refractivity contribution < 1.29 is 9.59 Å². The van der Waals surface area contributed by atoms with Gasteiger partial charge in [0.15, 0.2) is 0 Å². The highest BCUT2D eigenvalue weighted by Gasteiger charge is 2.29. The van der Waals surface area contributed by atoms with Crippen LogP contribution in [0.5, 0.6) is 0 Å². The van der Waals surface area contributed by atoms with E-state index in [2.05, 4.69) is 10.6 Å². The molecule has 2 amide bonds. The molecule has 1 aliphatic rings. The highest BCUT2D eigenvalue weighted by Crippen LogP contribution is 2.30. The van der Waals surface area contributed by atoms with Crippen molar-refractivity contribution >= 4 is 29.3 Å². The summed E-state index contributed by atoms with van der Waals surface area (Å²) in [5.74, 6) is 0.273. The number of carbonyl (C=O) groups is 2. The Balaban J connectivity index is 1.50. The number of amides is 2. The number of carbonyl (C=O) groups excluding carboxylic acids is 2. The lowest BCUT2D eigenvalue weighted by molar-refractivity contribution is -0.120. The third kappa shape index (κ3) is 5.36. The zero-order valence-corrected chi connectivity index (χ0v) is 15.0. The van der Waals surface area contributed by atoms with Crippen molar-refractivity contribution in [1.82, 2.24) is 5.32 Å². The average Bonchev–Trinajstić information content (AvgIpc) is 3.46. The largest absolute Gasteiger partial charge is 0.351 e. The highest BCUT2D eigenvalue weighted by molar-refractivity contribution is 8.00. The Bertz CT molecular complexity index is 744. The number of thioether (sulfide) groups is 1. The second-order valence-electron chi connectivity index (χ2n) is 6.25. The minimum absolute atomic E-state index is 0.00118. The number of rotatable bonds is 7. The van der Waals surface area contributed by atoms with Crippen molar-refractivity contribution in [2.45, 2.75) is 36.5 Å². The summed E-state index contributed by atoms with van der Waals surface area (Å²) in [6, 6.07) is 17.5. The zero-order chi connectivity index (χ0) is 17.6. The fourth-order valence-corrected chi connectivity index (χ4v) is 3.35. The monoisotopic (exact) mass is 354 g/mol. The van der Waals surface area contributed by atoms with Crippen molar-refractivity contribution in [2.75, 3.05) is 5.32 Å². The van der Waals surface area contributed by atoms with Gasteiger partial charge < -0.3 is 10.6 Å². The molecule has 0 bridgehead atoms. The van der Waals surface area contributed by atoms with Gasteiger partial charge in [-0.15, -0.1) is 11.8 Å². The minimum Gasteiger partial charge on any atom is -0.351 e. The van der Waals surface area contributed by atoms with Gasteiger partial charge in [0, 0.05) is 23.0 Å². The molecule has 1 saturated carbocycles. The lowest BCUT2D eigenvalue weighted by atomic mass is 10.2. The molecule has 0 saturated heterocycles. The van der Waals surface area contributed by atoms with E-state index < -0.39 is 0 Å². The third-order valence-corrected chi connectivity index (χ3v) is 5.15. The maximum Gasteiger partial charge on any atom is 0.233 e. The molecule has 130 valence electrons. The van der Waals surface area contributed by atoms with Gasteiger partial charge in [-0.1, -0.05) is 30.3 Å². The molecule has 0 aliphatic heterocycles. The predicted octanol–water partition coefficient (Wildman–Crippen LogP) is 3.83. The lowest BCUT2D eigenvalue weighted by Gasteiger charge is -2.13. The maximum atomic E-state index is 12.3. The summed E-state index contributed by atoms with van der Waals surface area (Å²) in [6.45, 7) is 2.35. The standard InChI is InChI=1S/C20H22N2O2S/c1-14(25-18-8-3-2-4-9-18)19(23)21-13-15-6-5-7-17(12-15)22-20(24)16-10-11-16/h2-9,12,14,16H,10-11,13H2,1H3,(H,21,23)(H,22,24). The lowest BCUT2D eigenvalue weighted by Crippen LogP contribution is -2.30. The van der Waals surface area contributed by atoms with Gasteiger partial charge in [-0.25, -0.2) is 0 Å². The maximum absolute atomic E-state index is 12.3. The molecule has 3 rings (SSSR count). The second kappa shape index (κ2) is 8.21. The third-order valence-electron chi connectivity index (χ3n) is 4.03. The molecular weight excluding hydrogens is 332 g/mol. The predicted molar refractivity (Wildman–Crippen MR) is 101 cm³/mol. The SMILES string of the molecule is CC(Sc1ccccc1)C(=O)NCc1cccc(NC(=O)C2CC2)c1. The summed E-state index contributed by atoms with van der Waals surface area (Å²) < 4.78 is 0. The number of hydrogen-bond acceptors (Lipinski definition) is 3. The van der Waals surface area contributed by atoms with Crippen LogP contribution >= 0.6 is 11.8 Å². The van der Waals surface area contributed by atoms with E-state index in [1.165, 1.54) is 11.8 Å². The van der Waals surface area contributed by atoms with Gasteiger partial charge in [0.2, 0.25) is 11.8 Å². The second-order valence-corrected chi connectivity index (χ2v) is 7.67. The van der Waals surface area contributed by atoms with Gasteiger partial charge >= 0.3 is 0 Å². The first-order valence-electron chi connectivity index (χ1n) is 8.51. The molecule has 1 atom stereocenters. The normalized spacial score (nSPS) is 14.6. The van der Waals surface area contributed by atoms with E-state index in [9.17, 15) is 9.59 Å². The first-order chi connectivity index (χ1) is 12.1. The molecule has 5 heteroatoms. The van der Waals surface area contributed by atoms with Gasteiger partial charge in [0.05, 0.1) is 5.25 Å². The van der Waals surface area contributed by atoms with E-state index in [1.807, 2.05) is 61.5 Å². The van der Waals surface area contributed by atoms with Crippen LogP contribution in [0.2, 0.25) is 0 Å². The molecule has 1 unspecified atom stereocenters. The summed E-state index contributed by atoms with van der Waals surface area (Å²) in [5, 5.41) is 5.73. The molecule has 25 heavy (non-hydrogen) atoms. The highest BCUT2D eigenvalue weighted by atomic mass is 32.2. The summed E-state index contributed by atoms with van der Waals surface area (Å²) in [5.41, 5.74) is 1.76. The molecule has 2 N–H and O–H groups in total. The number of benzene rings is 2. The Labute approximate surface area is 152 Å². The van der Waals surface area contributed by atoms with E-state index in [0.717, 1.165) is 29.0 Å². The van der Waals surface area contributed by atoms with E-state index >= 15 is 0 Å². The summed E-state index contributed by atoms with van der Waals surface area (Å²) >= 11 is 1.54. The van der Waals surface area contributed by atoms with Gasteiger partial charge in [0.1, 0.15) is 0 Å². The first kappa shape index (κ1) is 17.5. The van der Waals surface area contributed by atoms with Crippen molar-refractivity contribution in [1.29, 1.82) is 0 Å². The van der Waals surface area contributed by atoms with E-state index in [4.69, 9.17) is 0 Å². The van der Waals surface area contributed by atoms with Crippen LogP contribution < -0.4 is 10.6 Å². The smallest absolute Gasteiger partial charge is 0.233 e. The van der Waals surface area contributed by atoms with E-state index in [0.29, 0.717) is 6.54 Å². The Morgan fingerprint density at radius 2 is 1.88 bits per heavy atom. The van der Waals surface area contributed by atoms with Crippen LogP contribution in [-0.2, 0) is 16.1 Å². The van der Waals surface area contributed by atoms with E-state index in [1.54, 1.807) is 0 Å². The topological polar surface area (TPSA) is 58.2 Å². The number of nitrogens with one attached hydrogen (secondary N) is 2. The molecule has 2 aromatic carbocycles. The summed E-state index contributed by atoms with van der Waals surface area (Å²) in [6.07, 6.45) is 1.97. The molecule has 1 fully saturated rings. The van der Waals surface area contributed by atoms with Gasteiger partial charge in [0.25, 0.3) is 0 Å². The van der Waals surface area contributed by atoms with Gasteiger partial charge in [-0.2, -0.15) is 0 Å². The van der Waals surface area contributed by atoms with Crippen LogP contribution in [-0.4, -0.2) is 17.1 Å². The van der Waals surface area contributed by atoms with Crippen LogP contribution in [0.4, 0.5) is 5.69 Å². The number of hydrogen-bond donors (Lipinski definition) is 2. The Morgan fingerprint density at radius 3 is 2.60 bits per heavy atom. The van der Waals surface area contributed by atoms with Crippen LogP contribution in [0.25, 0.3) is 0 Å². The van der Waals surface area contributed by atoms with Crippen LogP contribution in [0.1, 0.15) is 25.3 Å². The fourth-order valence-electron chi connectivity index (χ4n) is 2.44. The molecule has 2 aromatic rings. The molecule has 0 heterocycles. The molecule has 0 radical (unpaired) electrons. The zero-order valence-electron chi connectivity index (χ0n) is 14.2. The van der Waals surface area contributed by atoms with Crippen LogP contribution in [0.3, 0.4) is 0 Å². The summed E-state index contributed by atoms with van der Waals surface area (Å²) in [7, 11) is 0. The van der Waals surface area contributed by atoms with Crippen molar-refractivity contribution in [3.05, 3.63) is 60.2 Å². The molecule has 4 nitrogen and oxygen atoms in total. The Morgan fingerprint density at radius 1 is 1.12 bits per heavy atom. The minimum atomic E-state index is -0.167.